The summed E-state index contributed by atoms with van der Waals surface area (Å²) < 4.78 is 0. The van der Waals surface area contributed by atoms with Crippen LogP contribution in [0.5, 0.6) is 0 Å². The number of hydrogen-bond donors (Lipinski definition) is 2. The summed E-state index contributed by atoms with van der Waals surface area (Å²) in [4.78, 5) is 15.8. The van der Waals surface area contributed by atoms with E-state index in [1.807, 2.05) is 0 Å². The predicted octanol–water partition coefficient (Wildman–Crippen LogP) is 1.62. The Labute approximate surface area is 108 Å². The fourth-order valence-corrected chi connectivity index (χ4v) is 2.46. The van der Waals surface area contributed by atoms with Crippen LogP contribution in [0.2, 0.25) is 0 Å². The van der Waals surface area contributed by atoms with E-state index in [9.17, 15) is 4.79 Å². The first-order valence-corrected chi connectivity index (χ1v) is 7.10. The van der Waals surface area contributed by atoms with Gasteiger partial charge in [0.15, 0.2) is 5.17 Å². The summed E-state index contributed by atoms with van der Waals surface area (Å²) in [7, 11) is 0. The Morgan fingerprint density at radius 2 is 2.29 bits per heavy atom. The molecule has 2 N–H and O–H groups in total. The molecular formula is C12H23N3OS. The van der Waals surface area contributed by atoms with Crippen molar-refractivity contribution in [2.75, 3.05) is 18.8 Å². The molecule has 4 nitrogen and oxygen atoms in total. The van der Waals surface area contributed by atoms with Crippen LogP contribution in [0.25, 0.3) is 0 Å². The van der Waals surface area contributed by atoms with Gasteiger partial charge in [-0.2, -0.15) is 0 Å². The van der Waals surface area contributed by atoms with Crippen LogP contribution < -0.4 is 10.6 Å². The average molecular weight is 257 g/mol. The van der Waals surface area contributed by atoms with Gasteiger partial charge in [-0.1, -0.05) is 25.6 Å². The number of nitrogens with one attached hydrogen (secondary N) is 2. The zero-order valence-corrected chi connectivity index (χ0v) is 12.0. The van der Waals surface area contributed by atoms with Crippen molar-refractivity contribution in [2.24, 2.45) is 10.9 Å². The van der Waals surface area contributed by atoms with Gasteiger partial charge in [0.05, 0.1) is 6.54 Å². The second-order valence-electron chi connectivity index (χ2n) is 5.43. The summed E-state index contributed by atoms with van der Waals surface area (Å²) in [5.41, 5.74) is 0.128. The van der Waals surface area contributed by atoms with E-state index in [-0.39, 0.29) is 11.4 Å². The van der Waals surface area contributed by atoms with Gasteiger partial charge in [0.2, 0.25) is 5.91 Å². The molecule has 98 valence electrons. The predicted molar refractivity (Wildman–Crippen MR) is 74.4 cm³/mol. The summed E-state index contributed by atoms with van der Waals surface area (Å²) in [6.07, 6.45) is 0.471. The van der Waals surface area contributed by atoms with Crippen LogP contribution >= 0.6 is 11.8 Å². The van der Waals surface area contributed by atoms with Gasteiger partial charge in [0.25, 0.3) is 0 Å². The molecule has 0 aromatic carbocycles. The zero-order valence-electron chi connectivity index (χ0n) is 11.2. The number of amides is 1. The van der Waals surface area contributed by atoms with Gasteiger partial charge in [-0.25, -0.2) is 0 Å². The third kappa shape index (κ3) is 5.96. The Bertz CT molecular complexity index is 300. The molecule has 5 heteroatoms. The van der Waals surface area contributed by atoms with Crippen LogP contribution in [-0.2, 0) is 4.79 Å². The molecule has 0 unspecified atom stereocenters. The van der Waals surface area contributed by atoms with Crippen LogP contribution in [0.3, 0.4) is 0 Å². The monoisotopic (exact) mass is 257 g/mol. The lowest BCUT2D eigenvalue weighted by atomic mass is 10.1. The molecule has 1 fully saturated rings. The molecule has 1 saturated heterocycles. The Morgan fingerprint density at radius 1 is 1.59 bits per heavy atom. The first kappa shape index (κ1) is 14.4. The van der Waals surface area contributed by atoms with Crippen LogP contribution in [0, 0.1) is 5.92 Å². The topological polar surface area (TPSA) is 53.5 Å². The Kier molecular flexibility index (Phi) is 5.31. The number of carbonyl (C=O) groups is 1. The van der Waals surface area contributed by atoms with E-state index in [0.717, 1.165) is 17.5 Å². The van der Waals surface area contributed by atoms with Gasteiger partial charge in [0.1, 0.15) is 0 Å². The number of nitrogens with zero attached hydrogens (tertiary/aromatic N) is 1. The van der Waals surface area contributed by atoms with E-state index < -0.39 is 0 Å². The number of thioether (sulfide) groups is 1. The summed E-state index contributed by atoms with van der Waals surface area (Å²) in [6, 6.07) is 0. The lowest BCUT2D eigenvalue weighted by Gasteiger charge is -2.15. The largest absolute Gasteiger partial charge is 0.359 e. The van der Waals surface area contributed by atoms with Crippen molar-refractivity contribution in [3.63, 3.8) is 0 Å². The molecule has 0 aliphatic carbocycles. The van der Waals surface area contributed by atoms with Crippen molar-refractivity contribution in [1.82, 2.24) is 10.6 Å². The lowest BCUT2D eigenvalue weighted by Crippen LogP contribution is -2.37. The fourth-order valence-electron chi connectivity index (χ4n) is 1.36. The van der Waals surface area contributed by atoms with E-state index in [4.69, 9.17) is 0 Å². The minimum absolute atomic E-state index is 0.0882. The Balaban J connectivity index is 2.19. The highest BCUT2D eigenvalue weighted by Gasteiger charge is 2.26. The molecule has 0 spiro atoms. The average Bonchev–Trinajstić information content (AvgIpc) is 2.55. The molecule has 0 radical (unpaired) electrons. The number of rotatable bonds is 5. The van der Waals surface area contributed by atoms with E-state index in [2.05, 4.69) is 43.3 Å². The van der Waals surface area contributed by atoms with E-state index in [1.54, 1.807) is 11.8 Å². The normalized spacial score (nSPS) is 20.6. The summed E-state index contributed by atoms with van der Waals surface area (Å²) in [6.45, 7) is 9.78. The third-order valence-corrected chi connectivity index (χ3v) is 3.69. The van der Waals surface area contributed by atoms with Crippen molar-refractivity contribution < 1.29 is 4.79 Å². The maximum Gasteiger partial charge on any atom is 0.221 e. The second-order valence-corrected chi connectivity index (χ2v) is 6.40. The standard InChI is InChI=1S/C12H23N3OS/c1-9(2)7-14-10(16)5-6-13-11-15-12(3,4)8-17-11/h9H,5-8H2,1-4H3,(H,13,15)(H,14,16). The van der Waals surface area contributed by atoms with Crippen molar-refractivity contribution >= 4 is 22.8 Å². The van der Waals surface area contributed by atoms with Gasteiger partial charge in [-0.05, 0) is 19.8 Å². The molecular weight excluding hydrogens is 234 g/mol. The molecule has 17 heavy (non-hydrogen) atoms. The maximum atomic E-state index is 11.4. The van der Waals surface area contributed by atoms with Gasteiger partial charge >= 0.3 is 0 Å². The van der Waals surface area contributed by atoms with Gasteiger partial charge in [-0.3, -0.25) is 9.79 Å². The van der Waals surface area contributed by atoms with Crippen LogP contribution in [0.1, 0.15) is 34.1 Å². The number of amidine groups is 1. The van der Waals surface area contributed by atoms with Gasteiger partial charge in [0, 0.05) is 24.3 Å². The van der Waals surface area contributed by atoms with Crippen molar-refractivity contribution in [2.45, 2.75) is 39.7 Å². The fraction of sp³-hybridized carbons (Fsp3) is 0.833. The molecule has 0 atom stereocenters. The summed E-state index contributed by atoms with van der Waals surface area (Å²) >= 11 is 1.73. The zero-order chi connectivity index (χ0) is 12.9. The first-order valence-electron chi connectivity index (χ1n) is 6.11. The molecule has 0 aromatic heterocycles. The maximum absolute atomic E-state index is 11.4. The van der Waals surface area contributed by atoms with Crippen molar-refractivity contribution in [3.8, 4) is 0 Å². The minimum Gasteiger partial charge on any atom is -0.359 e. The second kappa shape index (κ2) is 6.28. The summed E-state index contributed by atoms with van der Waals surface area (Å²) in [5.74, 6) is 1.62. The highest BCUT2D eigenvalue weighted by molar-refractivity contribution is 8.14. The Hall–Kier alpha value is -0.710. The highest BCUT2D eigenvalue weighted by Crippen LogP contribution is 2.21. The quantitative estimate of drug-likeness (QED) is 0.787. The molecule has 1 aliphatic rings. The van der Waals surface area contributed by atoms with Crippen LogP contribution in [-0.4, -0.2) is 35.5 Å². The minimum atomic E-state index is 0.0882. The molecule has 0 saturated carbocycles. The number of hydrogen-bond acceptors (Lipinski definition) is 3. The SMILES string of the molecule is CC(C)CNC(=O)CCN=C1NC(C)(C)CS1. The van der Waals surface area contributed by atoms with Crippen LogP contribution in [0.4, 0.5) is 0 Å². The van der Waals surface area contributed by atoms with E-state index in [1.165, 1.54) is 0 Å². The Morgan fingerprint density at radius 3 is 2.82 bits per heavy atom. The van der Waals surface area contributed by atoms with E-state index >= 15 is 0 Å². The molecule has 1 rings (SSSR count). The van der Waals surface area contributed by atoms with Gasteiger partial charge < -0.3 is 10.6 Å². The molecule has 1 aliphatic heterocycles. The van der Waals surface area contributed by atoms with Crippen LogP contribution in [0.15, 0.2) is 4.99 Å². The third-order valence-electron chi connectivity index (χ3n) is 2.32. The first-order chi connectivity index (χ1) is 7.89. The molecule has 1 amide bonds. The van der Waals surface area contributed by atoms with Crippen molar-refractivity contribution in [1.29, 1.82) is 0 Å². The summed E-state index contributed by atoms with van der Waals surface area (Å²) in [5, 5.41) is 7.19. The number of aliphatic imine (C=N–C) groups is 1. The molecule has 1 heterocycles. The molecule has 0 aromatic rings. The molecule has 0 bridgehead atoms. The highest BCUT2D eigenvalue weighted by atomic mass is 32.2. The van der Waals surface area contributed by atoms with Crippen molar-refractivity contribution in [3.05, 3.63) is 0 Å². The number of carbonyl (C=O) groups excluding carboxylic acids is 1. The lowest BCUT2D eigenvalue weighted by molar-refractivity contribution is -0.121. The van der Waals surface area contributed by atoms with Gasteiger partial charge in [-0.15, -0.1) is 0 Å². The smallest absolute Gasteiger partial charge is 0.221 e. The van der Waals surface area contributed by atoms with E-state index in [0.29, 0.717) is 18.9 Å².